The van der Waals surface area contributed by atoms with E-state index < -0.39 is 18.1 Å². The third-order valence-electron chi connectivity index (χ3n) is 6.08. The molecule has 4 aromatic rings. The second kappa shape index (κ2) is 11.0. The van der Waals surface area contributed by atoms with E-state index >= 15 is 0 Å². The first kappa shape index (κ1) is 25.9. The van der Waals surface area contributed by atoms with Crippen molar-refractivity contribution in [3.63, 3.8) is 0 Å². The second-order valence-electron chi connectivity index (χ2n) is 8.82. The number of amides is 1. The Morgan fingerprint density at radius 2 is 1.55 bits per heavy atom. The minimum atomic E-state index is -2.71. The Balaban J connectivity index is 1.53. The van der Waals surface area contributed by atoms with Gasteiger partial charge < -0.3 is 10.1 Å². The summed E-state index contributed by atoms with van der Waals surface area (Å²) >= 11 is 12.2. The Labute approximate surface area is 226 Å². The van der Waals surface area contributed by atoms with Gasteiger partial charge in [-0.3, -0.25) is 0 Å². The monoisotopic (exact) mass is 559 g/mol. The Hall–Kier alpha value is -3.70. The molecule has 5 rings (SSSR count). The van der Waals surface area contributed by atoms with E-state index in [9.17, 15) is 13.6 Å². The molecule has 2 aromatic carbocycles. The number of hydrogen-bond acceptors (Lipinski definition) is 7. The number of carbonyl (C=O) groups is 1. The molecule has 0 bridgehead atoms. The van der Waals surface area contributed by atoms with E-state index in [1.807, 2.05) is 0 Å². The number of nitrogens with zero attached hydrogens (tertiary/aromatic N) is 6. The van der Waals surface area contributed by atoms with Gasteiger partial charge in [-0.25, -0.2) is 23.5 Å². The predicted octanol–water partition coefficient (Wildman–Crippen LogP) is 5.82. The zero-order valence-electron chi connectivity index (χ0n) is 19.8. The van der Waals surface area contributed by atoms with E-state index in [1.54, 1.807) is 48.5 Å². The van der Waals surface area contributed by atoms with Gasteiger partial charge in [0.1, 0.15) is 17.9 Å². The van der Waals surface area contributed by atoms with Crippen LogP contribution in [0, 0.1) is 0 Å². The van der Waals surface area contributed by atoms with Gasteiger partial charge in [-0.15, -0.1) is 10.2 Å². The van der Waals surface area contributed by atoms with Crippen molar-refractivity contribution < 1.29 is 18.3 Å². The molecule has 9 nitrogen and oxygen atoms in total. The van der Waals surface area contributed by atoms with Crippen LogP contribution >= 0.6 is 23.2 Å². The van der Waals surface area contributed by atoms with Gasteiger partial charge in [0, 0.05) is 40.1 Å². The van der Waals surface area contributed by atoms with Crippen molar-refractivity contribution in [2.45, 2.75) is 44.2 Å². The minimum Gasteiger partial charge on any atom is -0.389 e. The van der Waals surface area contributed by atoms with Gasteiger partial charge in [0.2, 0.25) is 11.8 Å². The molecule has 2 heterocycles. The SMILES string of the molecule is O=C(NC1CCC(F)(F)CC1)Oc1nc(-c2ccc(Cl)cc2)c(-c2ccc(Cl)cc2)nc1Cn1ncnn1. The van der Waals surface area contributed by atoms with Gasteiger partial charge in [0.25, 0.3) is 0 Å². The van der Waals surface area contributed by atoms with E-state index in [4.69, 9.17) is 32.9 Å². The molecule has 0 aliphatic heterocycles. The Bertz CT molecular complexity index is 1410. The third-order valence-corrected chi connectivity index (χ3v) is 6.58. The van der Waals surface area contributed by atoms with E-state index in [0.717, 1.165) is 5.56 Å². The molecule has 38 heavy (non-hydrogen) atoms. The third kappa shape index (κ3) is 6.22. The maximum Gasteiger partial charge on any atom is 0.414 e. The number of benzene rings is 2. The first-order valence-electron chi connectivity index (χ1n) is 11.8. The van der Waals surface area contributed by atoms with Gasteiger partial charge in [-0.1, -0.05) is 47.5 Å². The van der Waals surface area contributed by atoms with E-state index in [-0.39, 0.29) is 43.8 Å². The molecule has 2 aromatic heterocycles. The molecule has 1 aliphatic carbocycles. The lowest BCUT2D eigenvalue weighted by Crippen LogP contribution is -2.41. The van der Waals surface area contributed by atoms with Crippen LogP contribution in [0.5, 0.6) is 5.88 Å². The summed E-state index contributed by atoms with van der Waals surface area (Å²) in [5.41, 5.74) is 2.59. The number of rotatable bonds is 6. The summed E-state index contributed by atoms with van der Waals surface area (Å²) in [5, 5.41) is 15.3. The highest BCUT2D eigenvalue weighted by Crippen LogP contribution is 2.35. The number of alkyl halides is 2. The van der Waals surface area contributed by atoms with Gasteiger partial charge in [0.15, 0.2) is 6.33 Å². The number of tetrazole rings is 1. The fourth-order valence-corrected chi connectivity index (χ4v) is 4.37. The highest BCUT2D eigenvalue weighted by molar-refractivity contribution is 6.31. The number of aromatic nitrogens is 6. The first-order chi connectivity index (χ1) is 18.3. The Morgan fingerprint density at radius 1 is 0.974 bits per heavy atom. The quantitative estimate of drug-likeness (QED) is 0.317. The van der Waals surface area contributed by atoms with Gasteiger partial charge in [-0.2, -0.15) is 4.80 Å². The highest BCUT2D eigenvalue weighted by atomic mass is 35.5. The van der Waals surface area contributed by atoms with Crippen LogP contribution in [0.25, 0.3) is 22.5 Å². The first-order valence-corrected chi connectivity index (χ1v) is 12.5. The van der Waals surface area contributed by atoms with E-state index in [0.29, 0.717) is 27.0 Å². The molecule has 13 heteroatoms. The molecule has 196 valence electrons. The molecule has 0 saturated heterocycles. The molecule has 0 unspecified atom stereocenters. The molecule has 0 spiro atoms. The summed E-state index contributed by atoms with van der Waals surface area (Å²) in [6.45, 7) is 0.00670. The normalized spacial score (nSPS) is 15.3. The summed E-state index contributed by atoms with van der Waals surface area (Å²) in [4.78, 5) is 23.6. The number of hydrogen-bond donors (Lipinski definition) is 1. The van der Waals surface area contributed by atoms with Crippen molar-refractivity contribution in [3.8, 4) is 28.4 Å². The molecular formula is C25H21Cl2F2N7O2. The summed E-state index contributed by atoms with van der Waals surface area (Å²) in [6, 6.07) is 13.6. The predicted molar refractivity (Wildman–Crippen MR) is 136 cm³/mol. The zero-order valence-corrected chi connectivity index (χ0v) is 21.3. The molecule has 1 amide bonds. The highest BCUT2D eigenvalue weighted by Gasteiger charge is 2.35. The molecule has 0 radical (unpaired) electrons. The summed E-state index contributed by atoms with van der Waals surface area (Å²) in [7, 11) is 0. The Morgan fingerprint density at radius 3 is 2.11 bits per heavy atom. The zero-order chi connectivity index (χ0) is 26.7. The van der Waals surface area contributed by atoms with Crippen LogP contribution in [0.15, 0.2) is 54.9 Å². The van der Waals surface area contributed by atoms with Crippen LogP contribution in [0.3, 0.4) is 0 Å². The summed E-state index contributed by atoms with van der Waals surface area (Å²) in [5.74, 6) is -2.79. The standard InChI is InChI=1S/C25H21Cl2F2N7O2/c26-17-5-1-15(2-6-17)21-22(16-3-7-18(27)8-4-16)34-23(20(33-21)13-36-31-14-30-35-36)38-24(37)32-19-9-11-25(28,29)12-10-19/h1-8,14,19H,9-13H2,(H,32,37). The number of carbonyl (C=O) groups excluding carboxylic acids is 1. The van der Waals surface area contributed by atoms with Crippen LogP contribution in [-0.4, -0.2) is 48.2 Å². The smallest absolute Gasteiger partial charge is 0.389 e. The molecule has 0 atom stereocenters. The fraction of sp³-hybridized carbons (Fsp3) is 0.280. The van der Waals surface area contributed by atoms with E-state index in [1.165, 1.54) is 11.1 Å². The van der Waals surface area contributed by atoms with Crippen molar-refractivity contribution in [2.75, 3.05) is 0 Å². The average molecular weight is 560 g/mol. The van der Waals surface area contributed by atoms with Crippen LogP contribution in [0.1, 0.15) is 31.4 Å². The average Bonchev–Trinajstić information content (AvgIpc) is 3.40. The van der Waals surface area contributed by atoms with Crippen molar-refractivity contribution in [1.82, 2.24) is 35.5 Å². The molecule has 1 N–H and O–H groups in total. The van der Waals surface area contributed by atoms with Gasteiger partial charge in [-0.05, 0) is 42.3 Å². The molecule has 1 saturated carbocycles. The van der Waals surface area contributed by atoms with Crippen molar-refractivity contribution >= 4 is 29.3 Å². The Kier molecular flexibility index (Phi) is 7.48. The molecular weight excluding hydrogens is 539 g/mol. The largest absolute Gasteiger partial charge is 0.414 e. The number of nitrogens with one attached hydrogen (secondary N) is 1. The van der Waals surface area contributed by atoms with Crippen LogP contribution < -0.4 is 10.1 Å². The second-order valence-corrected chi connectivity index (χ2v) is 9.69. The molecule has 1 aliphatic rings. The van der Waals surface area contributed by atoms with Crippen LogP contribution in [0.2, 0.25) is 10.0 Å². The maximum absolute atomic E-state index is 13.5. The molecule has 1 fully saturated rings. The van der Waals surface area contributed by atoms with E-state index in [2.05, 4.69) is 25.7 Å². The lowest BCUT2D eigenvalue weighted by atomic mass is 9.92. The van der Waals surface area contributed by atoms with Crippen molar-refractivity contribution in [3.05, 3.63) is 70.6 Å². The van der Waals surface area contributed by atoms with Crippen molar-refractivity contribution in [1.29, 1.82) is 0 Å². The fourth-order valence-electron chi connectivity index (χ4n) is 4.12. The van der Waals surface area contributed by atoms with Gasteiger partial charge >= 0.3 is 6.09 Å². The van der Waals surface area contributed by atoms with Crippen LogP contribution in [0.4, 0.5) is 13.6 Å². The number of ether oxygens (including phenoxy) is 1. The lowest BCUT2D eigenvalue weighted by Gasteiger charge is -2.28. The topological polar surface area (TPSA) is 108 Å². The van der Waals surface area contributed by atoms with Gasteiger partial charge in [0.05, 0.1) is 5.69 Å². The lowest BCUT2D eigenvalue weighted by molar-refractivity contribution is -0.0399. The van der Waals surface area contributed by atoms with Crippen molar-refractivity contribution in [2.24, 2.45) is 0 Å². The summed E-state index contributed by atoms with van der Waals surface area (Å²) in [6.07, 6.45) is 0.157. The summed E-state index contributed by atoms with van der Waals surface area (Å²) < 4.78 is 32.7. The number of halogens is 4. The minimum absolute atomic E-state index is 0.00670. The van der Waals surface area contributed by atoms with Crippen LogP contribution in [-0.2, 0) is 6.54 Å². The maximum atomic E-state index is 13.5.